The maximum absolute atomic E-state index is 10.5. The lowest BCUT2D eigenvalue weighted by Crippen LogP contribution is -2.45. The molecule has 0 saturated carbocycles. The van der Waals surface area contributed by atoms with Crippen LogP contribution < -0.4 is 5.32 Å². The van der Waals surface area contributed by atoms with Crippen LogP contribution >= 0.6 is 11.3 Å². The Morgan fingerprint density at radius 2 is 2.00 bits per heavy atom. The molecule has 1 saturated heterocycles. The van der Waals surface area contributed by atoms with Gasteiger partial charge in [0.2, 0.25) is 0 Å². The maximum atomic E-state index is 10.5. The highest BCUT2D eigenvalue weighted by atomic mass is 32.1. The largest absolute Gasteiger partial charge is 0.388 e. The van der Waals surface area contributed by atoms with Crippen molar-refractivity contribution in [3.05, 3.63) is 15.6 Å². The van der Waals surface area contributed by atoms with Gasteiger partial charge < -0.3 is 15.2 Å². The summed E-state index contributed by atoms with van der Waals surface area (Å²) < 4.78 is 5.31. The Labute approximate surface area is 125 Å². The number of aliphatic hydroxyl groups is 1. The summed E-state index contributed by atoms with van der Waals surface area (Å²) in [5.74, 6) is 0.472. The first kappa shape index (κ1) is 15.9. The number of nitrogens with zero attached hydrogens (tertiary/aromatic N) is 1. The Hall–Kier alpha value is -0.490. The monoisotopic (exact) mass is 298 g/mol. The van der Waals surface area contributed by atoms with Crippen LogP contribution in [-0.4, -0.2) is 35.5 Å². The van der Waals surface area contributed by atoms with E-state index in [0.29, 0.717) is 38.5 Å². The third-order valence-corrected chi connectivity index (χ3v) is 5.54. The molecule has 1 fully saturated rings. The van der Waals surface area contributed by atoms with E-state index in [0.717, 1.165) is 5.69 Å². The van der Waals surface area contributed by atoms with Crippen molar-refractivity contribution >= 4 is 11.3 Å². The third kappa shape index (κ3) is 3.79. The summed E-state index contributed by atoms with van der Waals surface area (Å²) in [7, 11) is 0. The fraction of sp³-hybridized carbons (Fsp3) is 0.800. The van der Waals surface area contributed by atoms with E-state index in [1.54, 1.807) is 11.3 Å². The van der Waals surface area contributed by atoms with Crippen molar-refractivity contribution in [2.75, 3.05) is 19.8 Å². The average molecular weight is 298 g/mol. The topological polar surface area (TPSA) is 54.4 Å². The van der Waals surface area contributed by atoms with Crippen molar-refractivity contribution in [2.45, 2.75) is 58.1 Å². The molecule has 20 heavy (non-hydrogen) atoms. The molecule has 0 aliphatic carbocycles. The first-order chi connectivity index (χ1) is 9.41. The molecule has 1 aromatic heterocycles. The minimum atomic E-state index is -0.619. The van der Waals surface area contributed by atoms with Gasteiger partial charge in [-0.05, 0) is 13.8 Å². The van der Waals surface area contributed by atoms with Gasteiger partial charge in [-0.3, -0.25) is 0 Å². The van der Waals surface area contributed by atoms with E-state index in [4.69, 9.17) is 4.74 Å². The van der Waals surface area contributed by atoms with E-state index >= 15 is 0 Å². The molecule has 2 rings (SSSR count). The van der Waals surface area contributed by atoms with E-state index in [2.05, 4.69) is 38.0 Å². The molecule has 2 heterocycles. The highest BCUT2D eigenvalue weighted by Gasteiger charge is 2.30. The average Bonchev–Trinajstić information content (AvgIpc) is 2.79. The highest BCUT2D eigenvalue weighted by Crippen LogP contribution is 2.30. The summed E-state index contributed by atoms with van der Waals surface area (Å²) in [6, 6.07) is 0.229. The van der Waals surface area contributed by atoms with Gasteiger partial charge in [-0.25, -0.2) is 4.98 Å². The molecule has 0 spiro atoms. The fourth-order valence-electron chi connectivity index (χ4n) is 2.44. The Bertz CT molecular complexity index is 439. The number of aryl methyl sites for hydroxylation is 1. The predicted molar refractivity (Wildman–Crippen MR) is 82.4 cm³/mol. The summed E-state index contributed by atoms with van der Waals surface area (Å²) >= 11 is 1.78. The standard InChI is InChI=1S/C15H26N2O2S/c1-10(2)14-17-12(4)13(20-14)11(3)16-9-15(18)5-7-19-8-6-15/h10-11,16,18H,5-9H2,1-4H3. The van der Waals surface area contributed by atoms with Crippen LogP contribution in [0.4, 0.5) is 0 Å². The second-order valence-electron chi connectivity index (χ2n) is 6.10. The second-order valence-corrected chi connectivity index (χ2v) is 7.16. The number of nitrogens with one attached hydrogen (secondary N) is 1. The quantitative estimate of drug-likeness (QED) is 0.877. The lowest BCUT2D eigenvalue weighted by atomic mass is 9.94. The fourth-order valence-corrected chi connectivity index (χ4v) is 3.54. The molecule has 1 atom stereocenters. The molecule has 1 aliphatic heterocycles. The summed E-state index contributed by atoms with van der Waals surface area (Å²) in [6.45, 7) is 10.5. The van der Waals surface area contributed by atoms with Gasteiger partial charge in [0, 0.05) is 49.4 Å². The van der Waals surface area contributed by atoms with E-state index in [1.807, 2.05) is 0 Å². The summed E-state index contributed by atoms with van der Waals surface area (Å²) in [6.07, 6.45) is 1.43. The van der Waals surface area contributed by atoms with Crippen molar-refractivity contribution in [1.29, 1.82) is 0 Å². The van der Waals surface area contributed by atoms with Gasteiger partial charge in [0.05, 0.1) is 16.3 Å². The van der Waals surface area contributed by atoms with Crippen LogP contribution in [0.1, 0.15) is 61.2 Å². The van der Waals surface area contributed by atoms with Gasteiger partial charge in [-0.2, -0.15) is 0 Å². The molecule has 0 radical (unpaired) electrons. The van der Waals surface area contributed by atoms with Crippen LogP contribution in [0.5, 0.6) is 0 Å². The van der Waals surface area contributed by atoms with Crippen LogP contribution in [-0.2, 0) is 4.74 Å². The molecule has 1 aliphatic rings. The Morgan fingerprint density at radius 3 is 2.55 bits per heavy atom. The van der Waals surface area contributed by atoms with Crippen molar-refractivity contribution < 1.29 is 9.84 Å². The molecule has 0 aromatic carbocycles. The molecule has 1 unspecified atom stereocenters. The van der Waals surface area contributed by atoms with Crippen LogP contribution in [0.25, 0.3) is 0 Å². The Balaban J connectivity index is 1.96. The smallest absolute Gasteiger partial charge is 0.0956 e. The second kappa shape index (κ2) is 6.52. The molecular weight excluding hydrogens is 272 g/mol. The van der Waals surface area contributed by atoms with Crippen LogP contribution in [0.2, 0.25) is 0 Å². The zero-order valence-electron chi connectivity index (χ0n) is 12.9. The van der Waals surface area contributed by atoms with Crippen molar-refractivity contribution in [3.8, 4) is 0 Å². The van der Waals surface area contributed by atoms with Gasteiger partial charge in [-0.15, -0.1) is 11.3 Å². The van der Waals surface area contributed by atoms with E-state index in [1.165, 1.54) is 9.88 Å². The van der Waals surface area contributed by atoms with E-state index in [9.17, 15) is 5.11 Å². The van der Waals surface area contributed by atoms with Crippen molar-refractivity contribution in [2.24, 2.45) is 0 Å². The zero-order valence-corrected chi connectivity index (χ0v) is 13.7. The highest BCUT2D eigenvalue weighted by molar-refractivity contribution is 7.11. The molecule has 1 aromatic rings. The molecule has 4 nitrogen and oxygen atoms in total. The minimum absolute atomic E-state index is 0.229. The van der Waals surface area contributed by atoms with Gasteiger partial charge in [0.25, 0.3) is 0 Å². The maximum Gasteiger partial charge on any atom is 0.0956 e. The third-order valence-electron chi connectivity index (χ3n) is 3.90. The number of ether oxygens (including phenoxy) is 1. The lowest BCUT2D eigenvalue weighted by molar-refractivity contribution is -0.0625. The molecule has 0 bridgehead atoms. The van der Waals surface area contributed by atoms with Gasteiger partial charge >= 0.3 is 0 Å². The first-order valence-corrected chi connectivity index (χ1v) is 8.24. The van der Waals surface area contributed by atoms with E-state index in [-0.39, 0.29) is 6.04 Å². The van der Waals surface area contributed by atoms with Gasteiger partial charge in [0.1, 0.15) is 0 Å². The normalized spacial score (nSPS) is 20.3. The number of hydrogen-bond acceptors (Lipinski definition) is 5. The molecule has 5 heteroatoms. The lowest BCUT2D eigenvalue weighted by Gasteiger charge is -2.33. The van der Waals surface area contributed by atoms with Crippen LogP contribution in [0.3, 0.4) is 0 Å². The predicted octanol–water partition coefficient (Wildman–Crippen LogP) is 2.77. The summed E-state index contributed by atoms with van der Waals surface area (Å²) in [5.41, 5.74) is 0.490. The van der Waals surface area contributed by atoms with Crippen LogP contribution in [0.15, 0.2) is 0 Å². The number of rotatable bonds is 5. The van der Waals surface area contributed by atoms with Gasteiger partial charge in [-0.1, -0.05) is 13.8 Å². The molecule has 0 amide bonds. The Kier molecular flexibility index (Phi) is 5.18. The number of hydrogen-bond donors (Lipinski definition) is 2. The van der Waals surface area contributed by atoms with Gasteiger partial charge in [0.15, 0.2) is 0 Å². The summed E-state index contributed by atoms with van der Waals surface area (Å²) in [5, 5.41) is 15.1. The molecular formula is C15H26N2O2S. The number of thiazole rings is 1. The van der Waals surface area contributed by atoms with Crippen LogP contribution in [0, 0.1) is 6.92 Å². The van der Waals surface area contributed by atoms with Crippen molar-refractivity contribution in [3.63, 3.8) is 0 Å². The molecule has 114 valence electrons. The minimum Gasteiger partial charge on any atom is -0.388 e. The van der Waals surface area contributed by atoms with Crippen molar-refractivity contribution in [1.82, 2.24) is 10.3 Å². The van der Waals surface area contributed by atoms with E-state index < -0.39 is 5.60 Å². The number of aromatic nitrogens is 1. The summed E-state index contributed by atoms with van der Waals surface area (Å²) in [4.78, 5) is 5.92. The Morgan fingerprint density at radius 1 is 1.35 bits per heavy atom. The zero-order chi connectivity index (χ0) is 14.8. The SMILES string of the molecule is Cc1nc(C(C)C)sc1C(C)NCC1(O)CCOCC1. The molecule has 2 N–H and O–H groups in total. The first-order valence-electron chi connectivity index (χ1n) is 7.42.